The van der Waals surface area contributed by atoms with Gasteiger partial charge in [-0.05, 0) is 18.2 Å². The van der Waals surface area contributed by atoms with Crippen LogP contribution in [0, 0.1) is 0 Å². The number of nitrogens with two attached hydrogens (primary N) is 1. The molecule has 0 saturated heterocycles. The molecule has 0 aliphatic rings. The van der Waals surface area contributed by atoms with E-state index in [0.29, 0.717) is 12.4 Å². The Bertz CT molecular complexity index is 519. The van der Waals surface area contributed by atoms with Crippen molar-refractivity contribution in [2.75, 3.05) is 5.73 Å². The van der Waals surface area contributed by atoms with Crippen LogP contribution in [0.2, 0.25) is 0 Å². The molecule has 0 amide bonds. The first-order valence-corrected chi connectivity index (χ1v) is 4.62. The van der Waals surface area contributed by atoms with Gasteiger partial charge < -0.3 is 10.3 Å². The largest absolute Gasteiger partial charge is 0.384 e. The molecule has 0 unspecified atom stereocenters. The maximum absolute atomic E-state index is 11.4. The molecule has 15 heavy (non-hydrogen) atoms. The maximum Gasteiger partial charge on any atom is 0.250 e. The maximum atomic E-state index is 11.4. The second kappa shape index (κ2) is 3.96. The summed E-state index contributed by atoms with van der Waals surface area (Å²) in [7, 11) is 0. The summed E-state index contributed by atoms with van der Waals surface area (Å²) in [5.41, 5.74) is 6.29. The van der Waals surface area contributed by atoms with Gasteiger partial charge in [-0.1, -0.05) is 12.1 Å². The lowest BCUT2D eigenvalue weighted by Crippen LogP contribution is -2.18. The summed E-state index contributed by atoms with van der Waals surface area (Å²) in [6, 6.07) is 10.4. The normalized spacial score (nSPS) is 10.1. The third-order valence-electron chi connectivity index (χ3n) is 2.06. The Morgan fingerprint density at radius 2 is 2.07 bits per heavy atom. The van der Waals surface area contributed by atoms with Crippen LogP contribution in [0.5, 0.6) is 0 Å². The van der Waals surface area contributed by atoms with E-state index in [1.165, 1.54) is 6.07 Å². The predicted molar refractivity (Wildman–Crippen MR) is 58.5 cm³/mol. The molecule has 2 N–H and O–H groups in total. The molecule has 2 heterocycles. The molecule has 2 aromatic heterocycles. The molecule has 0 bridgehead atoms. The highest BCUT2D eigenvalue weighted by molar-refractivity contribution is 5.28. The average Bonchev–Trinajstić information content (AvgIpc) is 2.22. The van der Waals surface area contributed by atoms with Crippen LogP contribution >= 0.6 is 0 Å². The Morgan fingerprint density at radius 1 is 1.20 bits per heavy atom. The van der Waals surface area contributed by atoms with Crippen molar-refractivity contribution in [2.45, 2.75) is 6.54 Å². The highest BCUT2D eigenvalue weighted by Crippen LogP contribution is 2.01. The van der Waals surface area contributed by atoms with Crippen LogP contribution in [0.3, 0.4) is 0 Å². The van der Waals surface area contributed by atoms with Crippen molar-refractivity contribution in [3.63, 3.8) is 0 Å². The SMILES string of the molecule is Nc1cccc(Cn2ccccc2=O)n1. The molecular formula is C11H11N3O. The number of hydrogen-bond acceptors (Lipinski definition) is 3. The Morgan fingerprint density at radius 3 is 2.80 bits per heavy atom. The van der Waals surface area contributed by atoms with Crippen LogP contribution < -0.4 is 11.3 Å². The summed E-state index contributed by atoms with van der Waals surface area (Å²) in [6.45, 7) is 0.449. The second-order valence-electron chi connectivity index (χ2n) is 3.22. The summed E-state index contributed by atoms with van der Waals surface area (Å²) in [5, 5.41) is 0. The highest BCUT2D eigenvalue weighted by Gasteiger charge is 1.98. The Labute approximate surface area is 87.0 Å². The van der Waals surface area contributed by atoms with Crippen molar-refractivity contribution < 1.29 is 0 Å². The molecule has 4 nitrogen and oxygen atoms in total. The van der Waals surface area contributed by atoms with Crippen molar-refractivity contribution in [3.05, 3.63) is 58.6 Å². The van der Waals surface area contributed by atoms with Gasteiger partial charge in [-0.15, -0.1) is 0 Å². The molecule has 2 rings (SSSR count). The summed E-state index contributed by atoms with van der Waals surface area (Å²) in [5.74, 6) is 0.469. The number of aromatic nitrogens is 2. The first kappa shape index (κ1) is 9.45. The van der Waals surface area contributed by atoms with Gasteiger partial charge in [0.05, 0.1) is 12.2 Å². The number of pyridine rings is 2. The lowest BCUT2D eigenvalue weighted by molar-refractivity contribution is 0.740. The quantitative estimate of drug-likeness (QED) is 0.784. The topological polar surface area (TPSA) is 60.9 Å². The minimum atomic E-state index is -0.0401. The molecular weight excluding hydrogens is 190 g/mol. The van der Waals surface area contributed by atoms with Gasteiger partial charge in [0, 0.05) is 12.3 Å². The first-order valence-electron chi connectivity index (χ1n) is 4.62. The van der Waals surface area contributed by atoms with E-state index in [2.05, 4.69) is 4.98 Å². The van der Waals surface area contributed by atoms with Crippen LogP contribution in [0.4, 0.5) is 5.82 Å². The molecule has 0 aliphatic carbocycles. The summed E-state index contributed by atoms with van der Waals surface area (Å²) in [6.07, 6.45) is 1.73. The van der Waals surface area contributed by atoms with Crippen molar-refractivity contribution >= 4 is 5.82 Å². The van der Waals surface area contributed by atoms with Crippen LogP contribution in [-0.4, -0.2) is 9.55 Å². The number of nitrogen functional groups attached to an aromatic ring is 1. The zero-order valence-electron chi connectivity index (χ0n) is 8.13. The highest BCUT2D eigenvalue weighted by atomic mass is 16.1. The molecule has 0 fully saturated rings. The number of rotatable bonds is 2. The van der Waals surface area contributed by atoms with E-state index in [-0.39, 0.29) is 5.56 Å². The molecule has 0 aliphatic heterocycles. The number of anilines is 1. The molecule has 4 heteroatoms. The standard InChI is InChI=1S/C11H11N3O/c12-10-5-3-4-9(13-10)8-14-7-2-1-6-11(14)15/h1-7H,8H2,(H2,12,13). The molecule has 0 aromatic carbocycles. The van der Waals surface area contributed by atoms with Gasteiger partial charge in [-0.3, -0.25) is 4.79 Å². The zero-order chi connectivity index (χ0) is 10.7. The third-order valence-corrected chi connectivity index (χ3v) is 2.06. The minimum Gasteiger partial charge on any atom is -0.384 e. The zero-order valence-corrected chi connectivity index (χ0v) is 8.13. The van der Waals surface area contributed by atoms with Crippen LogP contribution in [0.1, 0.15) is 5.69 Å². The molecule has 0 radical (unpaired) electrons. The summed E-state index contributed by atoms with van der Waals surface area (Å²) >= 11 is 0. The van der Waals surface area contributed by atoms with Gasteiger partial charge in [-0.25, -0.2) is 4.98 Å². The monoisotopic (exact) mass is 201 g/mol. The second-order valence-corrected chi connectivity index (χ2v) is 3.22. The van der Waals surface area contributed by atoms with Crippen LogP contribution in [0.25, 0.3) is 0 Å². The Kier molecular flexibility index (Phi) is 2.49. The van der Waals surface area contributed by atoms with Crippen LogP contribution in [0.15, 0.2) is 47.4 Å². The Balaban J connectivity index is 2.30. The van der Waals surface area contributed by atoms with Gasteiger partial charge in [0.25, 0.3) is 5.56 Å². The van der Waals surface area contributed by atoms with Crippen LogP contribution in [-0.2, 0) is 6.54 Å². The molecule has 0 atom stereocenters. The van der Waals surface area contributed by atoms with E-state index in [0.717, 1.165) is 5.69 Å². The van der Waals surface area contributed by atoms with E-state index in [9.17, 15) is 4.79 Å². The van der Waals surface area contributed by atoms with Crippen molar-refractivity contribution in [1.82, 2.24) is 9.55 Å². The third kappa shape index (κ3) is 2.22. The first-order chi connectivity index (χ1) is 7.25. The fourth-order valence-electron chi connectivity index (χ4n) is 1.35. The smallest absolute Gasteiger partial charge is 0.250 e. The average molecular weight is 201 g/mol. The van der Waals surface area contributed by atoms with Gasteiger partial charge >= 0.3 is 0 Å². The van der Waals surface area contributed by atoms with E-state index in [4.69, 9.17) is 5.73 Å². The number of hydrogen-bond donors (Lipinski definition) is 1. The lowest BCUT2D eigenvalue weighted by Gasteiger charge is -2.04. The Hall–Kier alpha value is -2.10. The van der Waals surface area contributed by atoms with E-state index in [1.54, 1.807) is 22.9 Å². The van der Waals surface area contributed by atoms with E-state index < -0.39 is 0 Å². The fourth-order valence-corrected chi connectivity index (χ4v) is 1.35. The molecule has 0 saturated carbocycles. The van der Waals surface area contributed by atoms with Crippen molar-refractivity contribution in [2.24, 2.45) is 0 Å². The lowest BCUT2D eigenvalue weighted by atomic mass is 10.3. The number of nitrogens with zero attached hydrogens (tertiary/aromatic N) is 2. The molecule has 2 aromatic rings. The van der Waals surface area contributed by atoms with Gasteiger partial charge in [0.1, 0.15) is 5.82 Å². The van der Waals surface area contributed by atoms with Crippen molar-refractivity contribution in [3.8, 4) is 0 Å². The van der Waals surface area contributed by atoms with E-state index in [1.807, 2.05) is 18.2 Å². The van der Waals surface area contributed by atoms with Gasteiger partial charge in [-0.2, -0.15) is 0 Å². The van der Waals surface area contributed by atoms with Gasteiger partial charge in [0.2, 0.25) is 0 Å². The van der Waals surface area contributed by atoms with Crippen molar-refractivity contribution in [1.29, 1.82) is 0 Å². The summed E-state index contributed by atoms with van der Waals surface area (Å²) < 4.78 is 1.59. The predicted octanol–water partition coefficient (Wildman–Crippen LogP) is 0.874. The van der Waals surface area contributed by atoms with E-state index >= 15 is 0 Å². The molecule has 76 valence electrons. The molecule has 0 spiro atoms. The fraction of sp³-hybridized carbons (Fsp3) is 0.0909. The summed E-state index contributed by atoms with van der Waals surface area (Å²) in [4.78, 5) is 15.5. The van der Waals surface area contributed by atoms with Gasteiger partial charge in [0.15, 0.2) is 0 Å². The minimum absolute atomic E-state index is 0.0401.